The van der Waals surface area contributed by atoms with Crippen LogP contribution in [0.15, 0.2) is 0 Å². The molecule has 1 aliphatic carbocycles. The van der Waals surface area contributed by atoms with Crippen molar-refractivity contribution in [3.8, 4) is 0 Å². The highest BCUT2D eigenvalue weighted by Gasteiger charge is 2.53. The molecule has 4 aliphatic heterocycles. The predicted octanol–water partition coefficient (Wildman–Crippen LogP) is -2.11. The first-order chi connectivity index (χ1) is 50.9. The van der Waals surface area contributed by atoms with Crippen molar-refractivity contribution in [3.05, 3.63) is 0 Å². The molecule has 20 N–H and O–H groups in total. The van der Waals surface area contributed by atoms with Gasteiger partial charge in [-0.25, -0.2) is 4.79 Å². The zero-order chi connectivity index (χ0) is 80.8. The average molecular weight is 1580 g/mol. The lowest BCUT2D eigenvalue weighted by atomic mass is 9.84. The number of rotatable bonds is 27. The Labute approximate surface area is 639 Å². The molecular weight excluding hydrogens is 1450 g/mol. The number of nitrogens with one attached hydrogen (secondary N) is 10. The molecule has 19 atom stereocenters. The molecule has 4 heterocycles. The Balaban J connectivity index is 1.70. The van der Waals surface area contributed by atoms with E-state index in [9.17, 15) is 58.8 Å². The van der Waals surface area contributed by atoms with E-state index >= 15 is 33.6 Å². The maximum absolute atomic E-state index is 15.7. The minimum Gasteiger partial charge on any atom is -0.481 e. The fraction of sp³-hybridized carbons (Fsp3) is 0.789. The number of fused-ring (bicyclic) bond motifs is 4. The van der Waals surface area contributed by atoms with Crippen molar-refractivity contribution in [2.24, 2.45) is 52.7 Å². The fourth-order valence-electron chi connectivity index (χ4n) is 14.4. The van der Waals surface area contributed by atoms with Crippen LogP contribution in [0.5, 0.6) is 0 Å². The number of hydrogen-bond donors (Lipinski definition) is 17. The van der Waals surface area contributed by atoms with Gasteiger partial charge >= 0.3 is 11.9 Å². The number of aliphatic hydroxyl groups is 2. The number of aliphatic hydroxyl groups excluding tert-OH is 2. The maximum Gasteiger partial charge on any atom is 0.326 e. The van der Waals surface area contributed by atoms with Crippen molar-refractivity contribution in [3.63, 3.8) is 0 Å². The van der Waals surface area contributed by atoms with Crippen LogP contribution in [-0.2, 0) is 71.9 Å². The van der Waals surface area contributed by atoms with E-state index in [0.717, 1.165) is 34.4 Å². The Morgan fingerprint density at radius 2 is 1.28 bits per heavy atom. The number of nitrogens with zero attached hydrogens (tertiary/aromatic N) is 3. The van der Waals surface area contributed by atoms with E-state index in [1.165, 1.54) is 16.7 Å². The molecule has 12 amide bonds. The highest BCUT2D eigenvalue weighted by Crippen LogP contribution is 2.42. The highest BCUT2D eigenvalue weighted by molar-refractivity contribution is 8.77. The lowest BCUT2D eigenvalue weighted by Crippen LogP contribution is -2.64. The Bertz CT molecular complexity index is 3190. The van der Waals surface area contributed by atoms with Gasteiger partial charge in [0.05, 0.1) is 37.6 Å². The van der Waals surface area contributed by atoms with Gasteiger partial charge in [0.15, 0.2) is 5.78 Å². The Kier molecular flexibility index (Phi) is 36.2. The molecule has 0 spiro atoms. The van der Waals surface area contributed by atoms with Crippen LogP contribution in [0.25, 0.3) is 0 Å². The second-order valence-corrected chi connectivity index (χ2v) is 33.5. The maximum atomic E-state index is 15.7. The third-order valence-electron chi connectivity index (χ3n) is 21.4. The van der Waals surface area contributed by atoms with Crippen LogP contribution in [0, 0.1) is 35.5 Å². The number of hydrogen-bond acceptors (Lipinski definition) is 23. The van der Waals surface area contributed by atoms with Crippen molar-refractivity contribution < 1.29 is 92.3 Å². The van der Waals surface area contributed by atoms with E-state index in [0.29, 0.717) is 25.7 Å². The lowest BCUT2D eigenvalue weighted by Gasteiger charge is -2.39. The van der Waals surface area contributed by atoms with Gasteiger partial charge < -0.3 is 100 Å². The Morgan fingerprint density at radius 1 is 0.648 bits per heavy atom. The first-order valence-electron chi connectivity index (χ1n) is 38.0. The van der Waals surface area contributed by atoms with Crippen LogP contribution in [0.4, 0.5) is 0 Å². The molecule has 5 rings (SSSR count). The van der Waals surface area contributed by atoms with Crippen molar-refractivity contribution in [2.75, 3.05) is 38.6 Å². The summed E-state index contributed by atoms with van der Waals surface area (Å²) in [5.74, 6) is -18.4. The SMILES string of the molecule is CC[C@H](C)[C@H](NC(=O)[C@H](C)N)C(=O)N[C@H]1CSSC(C)(C)[C@@H](C(=O)N[C@H](C(=O)N2CCC[C@H]2C(=O)N[C@@H](CC(=O)O)C(=O)O)[C@@H](C)CC)NC(=O)[C@H]([C@@H](C)CC)NC(=O)[C@@H]2C[C@@H]3CCCC[C@@H]3N2C(=O)[C@@H]2CCCN2C(=O)[C@H](CC(C)C)NC(=O)[C@H](CO)N[13C](=O)[13C@H]([13CH2][13CH2][13CH2][15NH][13CH]([15NH2])[15NH2])[15NH]C(=O)[C@H](CO)CC1=O. The quantitative estimate of drug-likeness (QED) is 0.0138. The van der Waals surface area contributed by atoms with Crippen molar-refractivity contribution in [1.29, 1.82) is 0 Å². The van der Waals surface area contributed by atoms with Crippen LogP contribution >= 0.6 is 21.6 Å². The normalized spacial score (nSPS) is 28.1. The summed E-state index contributed by atoms with van der Waals surface area (Å²) in [6, 6.07) is -19.0. The molecule has 0 aromatic heterocycles. The van der Waals surface area contributed by atoms with E-state index in [1.54, 1.807) is 74.1 Å². The number of carboxylic acid groups (broad SMARTS) is 2. The van der Waals surface area contributed by atoms with Crippen LogP contribution in [-0.4, -0.2) is 258 Å². The third-order valence-corrected chi connectivity index (χ3v) is 24.7. The van der Waals surface area contributed by atoms with Gasteiger partial charge in [0.25, 0.3) is 0 Å². The van der Waals surface area contributed by atoms with Gasteiger partial charge in [-0.1, -0.05) is 109 Å². The predicted molar refractivity (Wildman–Crippen MR) is 400 cm³/mol. The van der Waals surface area contributed by atoms with Gasteiger partial charge in [0.2, 0.25) is 70.9 Å². The van der Waals surface area contributed by atoms with Gasteiger partial charge in [-0.3, -0.25) is 72.4 Å². The zero-order valence-corrected chi connectivity index (χ0v) is 65.8. The molecule has 108 heavy (non-hydrogen) atoms. The topological polar surface area (TPSA) is 545 Å². The summed E-state index contributed by atoms with van der Waals surface area (Å²) >= 11 is 0. The molecule has 5 fully saturated rings. The Hall–Kier alpha value is -7.29. The number of likely N-dealkylation sites (tertiary alicyclic amines) is 1. The molecule has 0 radical (unpaired) electrons. The number of nitrogens with two attached hydrogens (primary N) is 3. The minimum atomic E-state index is -1.85. The second kappa shape index (κ2) is 42.8. The molecule has 0 aromatic carbocycles. The number of ketones is 1. The van der Waals surface area contributed by atoms with Crippen LogP contribution in [0.2, 0.25) is 0 Å². The summed E-state index contributed by atoms with van der Waals surface area (Å²) in [6.07, 6.45) is 1.79. The Morgan fingerprint density at radius 3 is 1.88 bits per heavy atom. The smallest absolute Gasteiger partial charge is 0.326 e. The number of Topliss-reactive ketones (excluding diaryl/α,β-unsaturated/α-hetero) is 1. The minimum absolute atomic E-state index is 0.0272. The van der Waals surface area contributed by atoms with Gasteiger partial charge in [0, 0.05) is 36.1 Å². The summed E-state index contributed by atoms with van der Waals surface area (Å²) < 4.78 is -1.57. The number of carbonyl (C=O) groups excluding carboxylic acids is 13. The van der Waals surface area contributed by atoms with Crippen molar-refractivity contribution in [1.82, 2.24) is 67.9 Å². The van der Waals surface area contributed by atoms with Crippen LogP contribution < -0.4 is 70.4 Å². The molecule has 4 saturated heterocycles. The summed E-state index contributed by atoms with van der Waals surface area (Å²) in [5, 5.41) is 67.8. The second-order valence-electron chi connectivity index (χ2n) is 30.5. The van der Waals surface area contributed by atoms with E-state index in [4.69, 9.17) is 17.2 Å². The van der Waals surface area contributed by atoms with Crippen LogP contribution in [0.3, 0.4) is 0 Å². The first-order valence-corrected chi connectivity index (χ1v) is 40.3. The standard InChI is InChI=1S/C71H120N16O19S2/c1-12-36(6)53(81-57(93)39(9)72)63(99)80-46-34-107-108-71(10,11)56(65(101)83-55(38(8)14-3)68(104)85-26-18-23-48(85)61(97)78-44(69(105)106)31-52(91)92)84-64(100)54(37(7)13-2)82-62(98)50-29-40-20-15-16-22-47(40)87(50)67(103)49-24-19-27-86(49)66(102)43(28-35(4)5)77-60(96)45(33-89)79-59(95)42(21-17-25-75-70(73)74)76-58(94)41(32-88)30-51(46)90/h35-50,53-56,70,75,88-89H,12-34,72-74H2,1-11H3,(H,76,94)(H,77,96)(H,78,97)(H,79,95)(H,80,99)(H,81,93)(H,82,98)(H,83,101)(H,84,100)(H,91,92)(H,105,106)/t36-,37-,38-,39-,40-,41-,42-,43-,44-,45-,46-,47-,48-,49-,50-,53-,54-,55-,56+/m0/s1/i17+1,21+1,25+1,42+1,59+1,70+1,73+1,74+1,75+1,76+1. The van der Waals surface area contributed by atoms with Crippen molar-refractivity contribution in [2.45, 2.75) is 281 Å². The fourth-order valence-corrected chi connectivity index (χ4v) is 17.3. The molecule has 37 heteroatoms. The number of aliphatic carboxylic acids is 2. The summed E-state index contributed by atoms with van der Waals surface area (Å²) in [7, 11) is 1.83. The number of carboxylic acids is 2. The van der Waals surface area contributed by atoms with Crippen molar-refractivity contribution >= 4 is 110 Å². The molecule has 0 unspecified atom stereocenters. The number of carbonyl (C=O) groups is 15. The summed E-state index contributed by atoms with van der Waals surface area (Å²) in [4.78, 5) is 220. The number of amides is 12. The van der Waals surface area contributed by atoms with Gasteiger partial charge in [-0.15, -0.1) is 0 Å². The molecule has 5 aliphatic rings. The zero-order valence-electron chi connectivity index (χ0n) is 64.2. The summed E-state index contributed by atoms with van der Waals surface area (Å²) in [5.41, 5.74) is 17.4. The van der Waals surface area contributed by atoms with Gasteiger partial charge in [0.1, 0.15) is 72.7 Å². The van der Waals surface area contributed by atoms with Crippen LogP contribution in [0.1, 0.15) is 185 Å². The summed E-state index contributed by atoms with van der Waals surface area (Å²) in [6.45, 7) is 16.5. The van der Waals surface area contributed by atoms with Gasteiger partial charge in [-0.2, -0.15) is 0 Å². The van der Waals surface area contributed by atoms with E-state index in [1.807, 2.05) is 0 Å². The highest BCUT2D eigenvalue weighted by atomic mass is 33.1. The molecule has 0 bridgehead atoms. The molecule has 610 valence electrons. The lowest BCUT2D eigenvalue weighted by molar-refractivity contribution is -0.150. The van der Waals surface area contributed by atoms with E-state index < -0.39 is 240 Å². The van der Waals surface area contributed by atoms with E-state index in [-0.39, 0.29) is 89.3 Å². The molecule has 35 nitrogen and oxygen atoms in total. The third kappa shape index (κ3) is 25.1. The average Bonchev–Trinajstić information content (AvgIpc) is 1.61. The molecular formula is C71H120N16O19S2. The van der Waals surface area contributed by atoms with E-state index in [2.05, 4.69) is 53.2 Å². The largest absolute Gasteiger partial charge is 0.481 e. The molecule has 1 saturated carbocycles. The van der Waals surface area contributed by atoms with Gasteiger partial charge in [-0.05, 0) is 121 Å². The monoisotopic (exact) mass is 1570 g/mol. The molecule has 0 aromatic rings. The first kappa shape index (κ1) is 91.3.